The third kappa shape index (κ3) is 4.32. The van der Waals surface area contributed by atoms with Gasteiger partial charge < -0.3 is 10.2 Å². The van der Waals surface area contributed by atoms with Crippen LogP contribution in [0.25, 0.3) is 0 Å². The fourth-order valence-electron chi connectivity index (χ4n) is 3.71. The average Bonchev–Trinajstić information content (AvgIpc) is 3.05. The molecule has 0 saturated carbocycles. The van der Waals surface area contributed by atoms with Gasteiger partial charge in [0.1, 0.15) is 0 Å². The van der Waals surface area contributed by atoms with Crippen LogP contribution in [0, 0.1) is 5.92 Å². The maximum absolute atomic E-state index is 12.7. The average molecular weight is 394 g/mol. The summed E-state index contributed by atoms with van der Waals surface area (Å²) < 4.78 is 26.8. The first-order chi connectivity index (χ1) is 12.8. The van der Waals surface area contributed by atoms with Gasteiger partial charge in [-0.25, -0.2) is 8.42 Å². The third-order valence-electron chi connectivity index (χ3n) is 5.33. The van der Waals surface area contributed by atoms with E-state index in [4.69, 9.17) is 0 Å². The molecule has 1 aromatic rings. The Morgan fingerprint density at radius 1 is 1.15 bits per heavy atom. The topological polar surface area (TPSA) is 86.8 Å². The summed E-state index contributed by atoms with van der Waals surface area (Å²) >= 11 is 0. The quantitative estimate of drug-likeness (QED) is 0.815. The maximum atomic E-state index is 12.7. The summed E-state index contributed by atoms with van der Waals surface area (Å²) in [7, 11) is -3.48. The van der Waals surface area contributed by atoms with Crippen LogP contribution in [0.1, 0.15) is 33.1 Å². The van der Waals surface area contributed by atoms with Crippen LogP contribution in [0.5, 0.6) is 0 Å². The number of piperidine rings is 1. The second-order valence-electron chi connectivity index (χ2n) is 7.54. The van der Waals surface area contributed by atoms with Crippen LogP contribution in [0.4, 0.5) is 0 Å². The Morgan fingerprint density at radius 3 is 2.33 bits per heavy atom. The normalized spacial score (nSPS) is 22.4. The monoisotopic (exact) mass is 393 g/mol. The first-order valence-corrected chi connectivity index (χ1v) is 10.9. The number of hydrogen-bond acceptors (Lipinski definition) is 4. The van der Waals surface area contributed by atoms with Crippen molar-refractivity contribution >= 4 is 21.8 Å². The first-order valence-electron chi connectivity index (χ1n) is 9.44. The van der Waals surface area contributed by atoms with Crippen molar-refractivity contribution in [1.82, 2.24) is 14.5 Å². The number of carbonyl (C=O) groups is 2. The standard InChI is InChI=1S/C19H27N3O4S/c1-14(2)22-13-15(12-18(22)23)19(24)20-16-8-10-21(11-9-16)27(25,26)17-6-4-3-5-7-17/h3-7,14-16H,8-13H2,1-2H3,(H,20,24). The summed E-state index contributed by atoms with van der Waals surface area (Å²) in [5.74, 6) is -0.393. The minimum atomic E-state index is -3.48. The largest absolute Gasteiger partial charge is 0.353 e. The van der Waals surface area contributed by atoms with Crippen molar-refractivity contribution < 1.29 is 18.0 Å². The molecule has 0 aliphatic carbocycles. The number of rotatable bonds is 5. The summed E-state index contributed by atoms with van der Waals surface area (Å²) in [6, 6.07) is 8.45. The highest BCUT2D eigenvalue weighted by Crippen LogP contribution is 2.23. The summed E-state index contributed by atoms with van der Waals surface area (Å²) in [6.45, 7) is 5.11. The van der Waals surface area contributed by atoms with Gasteiger partial charge in [-0.05, 0) is 38.8 Å². The highest BCUT2D eigenvalue weighted by Gasteiger charge is 2.37. The van der Waals surface area contributed by atoms with Gasteiger partial charge in [-0.1, -0.05) is 18.2 Å². The van der Waals surface area contributed by atoms with Gasteiger partial charge >= 0.3 is 0 Å². The molecule has 0 aromatic heterocycles. The van der Waals surface area contributed by atoms with E-state index in [0.29, 0.717) is 37.4 Å². The number of nitrogens with zero attached hydrogens (tertiary/aromatic N) is 2. The molecule has 2 aliphatic heterocycles. The molecule has 1 aromatic carbocycles. The SMILES string of the molecule is CC(C)N1CC(C(=O)NC2CCN(S(=O)(=O)c3ccccc3)CC2)CC1=O. The molecule has 1 N–H and O–H groups in total. The highest BCUT2D eigenvalue weighted by molar-refractivity contribution is 7.89. The van der Waals surface area contributed by atoms with E-state index in [9.17, 15) is 18.0 Å². The lowest BCUT2D eigenvalue weighted by Crippen LogP contribution is -2.48. The van der Waals surface area contributed by atoms with Crippen molar-refractivity contribution in [2.24, 2.45) is 5.92 Å². The van der Waals surface area contributed by atoms with Crippen LogP contribution in [0.15, 0.2) is 35.2 Å². The van der Waals surface area contributed by atoms with Gasteiger partial charge in [-0.3, -0.25) is 9.59 Å². The van der Waals surface area contributed by atoms with Crippen molar-refractivity contribution in [3.63, 3.8) is 0 Å². The van der Waals surface area contributed by atoms with E-state index in [1.807, 2.05) is 13.8 Å². The molecular weight excluding hydrogens is 366 g/mol. The Hall–Kier alpha value is -1.93. The predicted molar refractivity (Wildman–Crippen MR) is 101 cm³/mol. The van der Waals surface area contributed by atoms with Gasteiger partial charge in [0.25, 0.3) is 0 Å². The van der Waals surface area contributed by atoms with E-state index in [2.05, 4.69) is 5.32 Å². The van der Waals surface area contributed by atoms with E-state index >= 15 is 0 Å². The Morgan fingerprint density at radius 2 is 1.78 bits per heavy atom. The zero-order valence-corrected chi connectivity index (χ0v) is 16.6. The number of carbonyl (C=O) groups excluding carboxylic acids is 2. The first kappa shape index (κ1) is 19.8. The number of hydrogen-bond donors (Lipinski definition) is 1. The molecule has 0 bridgehead atoms. The van der Waals surface area contributed by atoms with Gasteiger partial charge in [0.15, 0.2) is 0 Å². The molecule has 2 amide bonds. The second kappa shape index (κ2) is 7.98. The van der Waals surface area contributed by atoms with E-state index in [-0.39, 0.29) is 36.2 Å². The van der Waals surface area contributed by atoms with E-state index in [1.54, 1.807) is 35.2 Å². The van der Waals surface area contributed by atoms with Crippen molar-refractivity contribution in [1.29, 1.82) is 0 Å². The predicted octanol–water partition coefficient (Wildman–Crippen LogP) is 1.21. The number of likely N-dealkylation sites (tertiary alicyclic amines) is 1. The van der Waals surface area contributed by atoms with E-state index in [0.717, 1.165) is 0 Å². The van der Waals surface area contributed by atoms with Crippen LogP contribution in [0.3, 0.4) is 0 Å². The van der Waals surface area contributed by atoms with Gasteiger partial charge in [0, 0.05) is 38.1 Å². The Labute approximate surface area is 160 Å². The number of amides is 2. The third-order valence-corrected chi connectivity index (χ3v) is 7.25. The molecule has 8 heteroatoms. The van der Waals surface area contributed by atoms with Crippen LogP contribution in [-0.2, 0) is 19.6 Å². The molecule has 27 heavy (non-hydrogen) atoms. The molecular formula is C19H27N3O4S. The zero-order chi connectivity index (χ0) is 19.6. The van der Waals surface area contributed by atoms with Crippen LogP contribution in [0.2, 0.25) is 0 Å². The second-order valence-corrected chi connectivity index (χ2v) is 9.48. The fourth-order valence-corrected chi connectivity index (χ4v) is 5.20. The number of benzene rings is 1. The molecule has 148 valence electrons. The van der Waals surface area contributed by atoms with Gasteiger partial charge in [0.05, 0.1) is 10.8 Å². The smallest absolute Gasteiger partial charge is 0.243 e. The van der Waals surface area contributed by atoms with E-state index in [1.165, 1.54) is 4.31 Å². The number of nitrogens with one attached hydrogen (secondary N) is 1. The van der Waals surface area contributed by atoms with Crippen molar-refractivity contribution in [3.05, 3.63) is 30.3 Å². The molecule has 0 radical (unpaired) electrons. The molecule has 2 heterocycles. The lowest BCUT2D eigenvalue weighted by Gasteiger charge is -2.32. The van der Waals surface area contributed by atoms with Crippen molar-refractivity contribution in [2.75, 3.05) is 19.6 Å². The summed E-state index contributed by atoms with van der Waals surface area (Å²) in [4.78, 5) is 26.5. The molecule has 3 rings (SSSR count). The molecule has 2 saturated heterocycles. The van der Waals surface area contributed by atoms with Gasteiger partial charge in [-0.15, -0.1) is 0 Å². The Kier molecular flexibility index (Phi) is 5.86. The summed E-state index contributed by atoms with van der Waals surface area (Å²) in [5.41, 5.74) is 0. The maximum Gasteiger partial charge on any atom is 0.243 e. The summed E-state index contributed by atoms with van der Waals surface area (Å²) in [5, 5.41) is 3.01. The van der Waals surface area contributed by atoms with Gasteiger partial charge in [0.2, 0.25) is 21.8 Å². The molecule has 7 nitrogen and oxygen atoms in total. The van der Waals surface area contributed by atoms with Crippen LogP contribution < -0.4 is 5.32 Å². The molecule has 2 fully saturated rings. The minimum Gasteiger partial charge on any atom is -0.353 e. The zero-order valence-electron chi connectivity index (χ0n) is 15.8. The fraction of sp³-hybridized carbons (Fsp3) is 0.579. The Bertz CT molecular complexity index is 786. The summed E-state index contributed by atoms with van der Waals surface area (Å²) in [6.07, 6.45) is 1.41. The molecule has 1 atom stereocenters. The van der Waals surface area contributed by atoms with Crippen molar-refractivity contribution in [3.8, 4) is 0 Å². The van der Waals surface area contributed by atoms with Gasteiger partial charge in [-0.2, -0.15) is 4.31 Å². The minimum absolute atomic E-state index is 0.0222. The Balaban J connectivity index is 1.53. The lowest BCUT2D eigenvalue weighted by molar-refractivity contribution is -0.130. The molecule has 2 aliphatic rings. The lowest BCUT2D eigenvalue weighted by atomic mass is 10.0. The number of sulfonamides is 1. The van der Waals surface area contributed by atoms with Crippen LogP contribution in [-0.4, -0.2) is 61.2 Å². The molecule has 1 unspecified atom stereocenters. The van der Waals surface area contributed by atoms with Crippen molar-refractivity contribution in [2.45, 2.75) is 50.1 Å². The molecule has 0 spiro atoms. The highest BCUT2D eigenvalue weighted by atomic mass is 32.2. The van der Waals surface area contributed by atoms with Crippen LogP contribution >= 0.6 is 0 Å². The van der Waals surface area contributed by atoms with E-state index < -0.39 is 10.0 Å².